The van der Waals surface area contributed by atoms with Crippen LogP contribution < -0.4 is 5.43 Å². The lowest BCUT2D eigenvalue weighted by Gasteiger charge is -1.97. The van der Waals surface area contributed by atoms with Crippen molar-refractivity contribution < 1.29 is 18.6 Å². The molecule has 1 N–H and O–H groups in total. The first kappa shape index (κ1) is 19.7. The number of amides is 1. The van der Waals surface area contributed by atoms with Crippen LogP contribution in [0.15, 0.2) is 74.6 Å². The first-order valence-electron chi connectivity index (χ1n) is 9.09. The molecular weight excluding hydrogens is 402 g/mol. The summed E-state index contributed by atoms with van der Waals surface area (Å²) in [6, 6.07) is 16.5. The molecule has 1 amide bonds. The van der Waals surface area contributed by atoms with E-state index >= 15 is 0 Å². The first-order chi connectivity index (χ1) is 15.0. The maximum Gasteiger partial charge on any atom is 0.283 e. The Labute approximate surface area is 175 Å². The van der Waals surface area contributed by atoms with Gasteiger partial charge in [0, 0.05) is 23.8 Å². The van der Waals surface area contributed by atoms with Crippen molar-refractivity contribution >= 4 is 17.8 Å². The number of rotatable bonds is 6. The number of hydrogen-bond donors (Lipinski definition) is 1. The third kappa shape index (κ3) is 4.37. The summed E-state index contributed by atoms with van der Waals surface area (Å²) in [5.74, 6) is 0.612. The summed E-state index contributed by atoms with van der Waals surface area (Å²) in [6.45, 7) is 1.63. The number of nitrogens with zero attached hydrogens (tertiary/aromatic N) is 4. The molecule has 0 aliphatic carbocycles. The Hall–Kier alpha value is -4.60. The third-order valence-corrected chi connectivity index (χ3v) is 4.30. The molecule has 0 spiro atoms. The number of carbonyl (C=O) groups excluding carboxylic acids is 1. The summed E-state index contributed by atoms with van der Waals surface area (Å²) in [5.41, 5.74) is 3.98. The first-order valence-corrected chi connectivity index (χ1v) is 9.09. The lowest BCUT2D eigenvalue weighted by Crippen LogP contribution is -2.17. The fourth-order valence-corrected chi connectivity index (χ4v) is 2.74. The molecule has 4 aromatic rings. The molecule has 0 bridgehead atoms. The minimum Gasteiger partial charge on any atom is -0.455 e. The summed E-state index contributed by atoms with van der Waals surface area (Å²) in [6.07, 6.45) is 1.38. The van der Waals surface area contributed by atoms with E-state index in [2.05, 4.69) is 20.7 Å². The van der Waals surface area contributed by atoms with Crippen molar-refractivity contribution in [2.24, 2.45) is 5.10 Å². The number of benzene rings is 2. The second kappa shape index (κ2) is 8.41. The van der Waals surface area contributed by atoms with Gasteiger partial charge in [0.15, 0.2) is 5.76 Å². The molecule has 0 atom stereocenters. The number of hydrazone groups is 1. The van der Waals surface area contributed by atoms with Gasteiger partial charge in [0.25, 0.3) is 17.5 Å². The van der Waals surface area contributed by atoms with E-state index in [1.54, 1.807) is 6.92 Å². The van der Waals surface area contributed by atoms with Gasteiger partial charge in [-0.25, -0.2) is 5.43 Å². The molecule has 2 aromatic carbocycles. The van der Waals surface area contributed by atoms with Gasteiger partial charge in [-0.05, 0) is 36.8 Å². The Bertz CT molecular complexity index is 1260. The van der Waals surface area contributed by atoms with Crippen LogP contribution >= 0.6 is 0 Å². The maximum absolute atomic E-state index is 12.4. The van der Waals surface area contributed by atoms with E-state index in [0.717, 1.165) is 5.56 Å². The molecule has 0 unspecified atom stereocenters. The fraction of sp³-hybridized carbons (Fsp3) is 0.0476. The molecule has 10 nitrogen and oxygen atoms in total. The van der Waals surface area contributed by atoms with Gasteiger partial charge in [0.1, 0.15) is 5.76 Å². The van der Waals surface area contributed by atoms with Crippen molar-refractivity contribution in [1.29, 1.82) is 0 Å². The lowest BCUT2D eigenvalue weighted by molar-refractivity contribution is -0.384. The lowest BCUT2D eigenvalue weighted by atomic mass is 10.2. The molecule has 0 saturated carbocycles. The number of non-ortho nitro benzene ring substituents is 1. The highest BCUT2D eigenvalue weighted by Gasteiger charge is 2.19. The van der Waals surface area contributed by atoms with Gasteiger partial charge < -0.3 is 8.83 Å². The number of carbonyl (C=O) groups is 1. The second-order valence-corrected chi connectivity index (χ2v) is 6.41. The van der Waals surface area contributed by atoms with E-state index in [9.17, 15) is 14.9 Å². The zero-order valence-electron chi connectivity index (χ0n) is 16.2. The Balaban J connectivity index is 1.45. The summed E-state index contributed by atoms with van der Waals surface area (Å²) in [7, 11) is 0. The van der Waals surface area contributed by atoms with Gasteiger partial charge in [0.2, 0.25) is 5.89 Å². The summed E-state index contributed by atoms with van der Waals surface area (Å²) >= 11 is 0. The molecule has 4 rings (SSSR count). The molecule has 2 aromatic heterocycles. The molecule has 0 saturated heterocycles. The summed E-state index contributed by atoms with van der Waals surface area (Å²) < 4.78 is 11.2. The highest BCUT2D eigenvalue weighted by atomic mass is 16.6. The number of aryl methyl sites for hydroxylation is 1. The zero-order chi connectivity index (χ0) is 21.8. The van der Waals surface area contributed by atoms with E-state index in [4.69, 9.17) is 8.83 Å². The number of aromatic nitrogens is 2. The largest absolute Gasteiger partial charge is 0.455 e. The van der Waals surface area contributed by atoms with Crippen molar-refractivity contribution in [3.05, 3.63) is 87.7 Å². The van der Waals surface area contributed by atoms with Crippen LogP contribution in [0.2, 0.25) is 0 Å². The number of hydrogen-bond acceptors (Lipinski definition) is 8. The van der Waals surface area contributed by atoms with Crippen LogP contribution in [-0.2, 0) is 0 Å². The molecule has 0 aliphatic rings. The minimum absolute atomic E-state index is 0.0285. The molecule has 154 valence electrons. The Morgan fingerprint density at radius 2 is 1.77 bits per heavy atom. The van der Waals surface area contributed by atoms with Gasteiger partial charge in [-0.15, -0.1) is 10.2 Å². The number of nitrogens with one attached hydrogen (secondary N) is 1. The van der Waals surface area contributed by atoms with Gasteiger partial charge >= 0.3 is 0 Å². The molecule has 2 heterocycles. The molecule has 0 radical (unpaired) electrons. The van der Waals surface area contributed by atoms with Crippen molar-refractivity contribution in [1.82, 2.24) is 15.6 Å². The Morgan fingerprint density at radius 1 is 1.06 bits per heavy atom. The van der Waals surface area contributed by atoms with Crippen LogP contribution in [-0.4, -0.2) is 27.2 Å². The maximum atomic E-state index is 12.4. The van der Waals surface area contributed by atoms with Gasteiger partial charge in [-0.1, -0.05) is 18.2 Å². The monoisotopic (exact) mass is 417 g/mol. The molecular formula is C21H15N5O5. The van der Waals surface area contributed by atoms with Gasteiger partial charge in [-0.3, -0.25) is 14.9 Å². The number of nitro benzene ring substituents is 1. The van der Waals surface area contributed by atoms with E-state index in [0.29, 0.717) is 17.2 Å². The third-order valence-electron chi connectivity index (χ3n) is 4.30. The highest BCUT2D eigenvalue weighted by Crippen LogP contribution is 2.27. The summed E-state index contributed by atoms with van der Waals surface area (Å²) in [5, 5.41) is 22.5. The minimum atomic E-state index is -0.492. The van der Waals surface area contributed by atoms with E-state index in [1.165, 1.54) is 36.5 Å². The molecule has 0 fully saturated rings. The highest BCUT2D eigenvalue weighted by molar-refractivity contribution is 5.96. The van der Waals surface area contributed by atoms with Crippen LogP contribution in [0.1, 0.15) is 21.7 Å². The van der Waals surface area contributed by atoms with Crippen molar-refractivity contribution in [2.45, 2.75) is 6.92 Å². The Morgan fingerprint density at radius 3 is 2.48 bits per heavy atom. The second-order valence-electron chi connectivity index (χ2n) is 6.41. The average Bonchev–Trinajstić information content (AvgIpc) is 3.42. The topological polar surface area (TPSA) is 137 Å². The van der Waals surface area contributed by atoms with Crippen molar-refractivity contribution in [3.63, 3.8) is 0 Å². The number of furan rings is 1. The van der Waals surface area contributed by atoms with E-state index in [1.807, 2.05) is 30.3 Å². The number of nitro groups is 1. The van der Waals surface area contributed by atoms with Gasteiger partial charge in [-0.2, -0.15) is 5.10 Å². The van der Waals surface area contributed by atoms with E-state index < -0.39 is 10.8 Å². The van der Waals surface area contributed by atoms with Gasteiger partial charge in [0.05, 0.1) is 16.7 Å². The predicted molar refractivity (Wildman–Crippen MR) is 110 cm³/mol. The smallest absolute Gasteiger partial charge is 0.283 e. The Kier molecular flexibility index (Phi) is 5.35. The summed E-state index contributed by atoms with van der Waals surface area (Å²) in [4.78, 5) is 22.6. The van der Waals surface area contributed by atoms with Crippen LogP contribution in [0, 0.1) is 17.0 Å². The fourth-order valence-electron chi connectivity index (χ4n) is 2.74. The molecule has 10 heteroatoms. The van der Waals surface area contributed by atoms with Crippen LogP contribution in [0.5, 0.6) is 0 Å². The van der Waals surface area contributed by atoms with Crippen LogP contribution in [0.4, 0.5) is 5.69 Å². The van der Waals surface area contributed by atoms with Crippen molar-refractivity contribution in [2.75, 3.05) is 0 Å². The molecule has 31 heavy (non-hydrogen) atoms. The van der Waals surface area contributed by atoms with Crippen molar-refractivity contribution in [3.8, 4) is 23.1 Å². The van der Waals surface area contributed by atoms with E-state index in [-0.39, 0.29) is 22.9 Å². The zero-order valence-corrected chi connectivity index (χ0v) is 16.2. The SMILES string of the molecule is Cc1oc(-c2nnc(-c3ccccc3)o2)cc1C(=O)N/N=C/c1ccc([N+](=O)[O-])cc1. The quantitative estimate of drug-likeness (QED) is 0.285. The van der Waals surface area contributed by atoms with Crippen LogP contribution in [0.25, 0.3) is 23.1 Å². The van der Waals surface area contributed by atoms with Crippen LogP contribution in [0.3, 0.4) is 0 Å². The average molecular weight is 417 g/mol. The predicted octanol–water partition coefficient (Wildman–Crippen LogP) is 3.98. The molecule has 0 aliphatic heterocycles. The normalized spacial score (nSPS) is 11.0. The standard InChI is InChI=1S/C21H15N5O5/c1-13-17(19(27)23-22-12-14-7-9-16(10-8-14)26(28)29)11-18(30-13)21-25-24-20(31-21)15-5-3-2-4-6-15/h2-12H,1H3,(H,23,27)/b22-12+.